The molecule has 4 aromatic rings. The molecule has 180 valence electrons. The second-order valence-electron chi connectivity index (χ2n) is 11.8. The summed E-state index contributed by atoms with van der Waals surface area (Å²) in [5.41, 5.74) is 17.8. The van der Waals surface area contributed by atoms with Gasteiger partial charge in [-0.3, -0.25) is 0 Å². The molecule has 2 bridgehead atoms. The van der Waals surface area contributed by atoms with E-state index in [0.717, 1.165) is 28.9 Å². The molecule has 3 unspecified atom stereocenters. The quantitative estimate of drug-likeness (QED) is 0.294. The normalized spacial score (nSPS) is 24.9. The van der Waals surface area contributed by atoms with Crippen LogP contribution in [0.25, 0.3) is 11.1 Å². The van der Waals surface area contributed by atoms with Gasteiger partial charge in [-0.2, -0.15) is 0 Å². The summed E-state index contributed by atoms with van der Waals surface area (Å²) < 4.78 is 0. The molecule has 0 heterocycles. The Morgan fingerprint density at radius 3 is 2.08 bits per heavy atom. The summed E-state index contributed by atoms with van der Waals surface area (Å²) in [5, 5.41) is 3.69. The predicted molar refractivity (Wildman–Crippen MR) is 151 cm³/mol. The van der Waals surface area contributed by atoms with E-state index in [1.54, 1.807) is 0 Å². The molecular formula is C34H34N2. The maximum atomic E-state index is 6.04. The van der Waals surface area contributed by atoms with Crippen LogP contribution in [0.3, 0.4) is 0 Å². The molecule has 36 heavy (non-hydrogen) atoms. The van der Waals surface area contributed by atoms with Crippen LogP contribution in [0, 0.1) is 11.8 Å². The first-order valence-corrected chi connectivity index (χ1v) is 13.4. The highest BCUT2D eigenvalue weighted by Gasteiger charge is 2.52. The van der Waals surface area contributed by atoms with Crippen LogP contribution < -0.4 is 11.1 Å². The Morgan fingerprint density at radius 2 is 1.39 bits per heavy atom. The van der Waals surface area contributed by atoms with Gasteiger partial charge in [0.1, 0.15) is 0 Å². The van der Waals surface area contributed by atoms with E-state index >= 15 is 0 Å². The lowest BCUT2D eigenvalue weighted by molar-refractivity contribution is 0.320. The maximum absolute atomic E-state index is 6.04. The van der Waals surface area contributed by atoms with Crippen molar-refractivity contribution in [1.82, 2.24) is 0 Å². The molecule has 2 nitrogen and oxygen atoms in total. The molecule has 4 aromatic carbocycles. The van der Waals surface area contributed by atoms with Crippen LogP contribution in [0.15, 0.2) is 91.0 Å². The average molecular weight is 471 g/mol. The first-order chi connectivity index (χ1) is 17.4. The molecule has 2 fully saturated rings. The molecule has 7 rings (SSSR count). The molecular weight excluding hydrogens is 436 g/mol. The van der Waals surface area contributed by atoms with Crippen LogP contribution in [0.5, 0.6) is 0 Å². The van der Waals surface area contributed by atoms with Crippen molar-refractivity contribution in [1.29, 1.82) is 0 Å². The van der Waals surface area contributed by atoms with E-state index in [0.29, 0.717) is 0 Å². The Balaban J connectivity index is 1.21. The molecule has 0 aromatic heterocycles. The summed E-state index contributed by atoms with van der Waals surface area (Å²) in [6.45, 7) is 4.66. The number of rotatable bonds is 4. The van der Waals surface area contributed by atoms with E-state index in [2.05, 4.69) is 110 Å². The van der Waals surface area contributed by atoms with Gasteiger partial charge in [0.15, 0.2) is 0 Å². The van der Waals surface area contributed by atoms with Crippen molar-refractivity contribution in [3.63, 3.8) is 0 Å². The standard InChI is InChI=1S/C34H34N2/c1-33(2)31-6-4-3-5-29(31)30-20-28(17-18-32(30)33)36-27-15-11-24(12-16-27)34(21-22-7-8-25(34)19-22)23-9-13-26(35)14-10-23/h3-6,9-18,20,22,25,36H,7-8,19,21,35H2,1-2H3. The number of nitrogens with two attached hydrogens (primary N) is 1. The zero-order valence-corrected chi connectivity index (χ0v) is 21.2. The fourth-order valence-electron chi connectivity index (χ4n) is 7.80. The van der Waals surface area contributed by atoms with Crippen molar-refractivity contribution in [3.05, 3.63) is 113 Å². The Labute approximate surface area is 214 Å². The molecule has 0 saturated heterocycles. The summed E-state index contributed by atoms with van der Waals surface area (Å²) in [4.78, 5) is 0. The van der Waals surface area contributed by atoms with Crippen molar-refractivity contribution in [3.8, 4) is 11.1 Å². The highest BCUT2D eigenvalue weighted by atomic mass is 14.9. The molecule has 3 atom stereocenters. The van der Waals surface area contributed by atoms with Gasteiger partial charge in [-0.05, 0) is 101 Å². The zero-order valence-electron chi connectivity index (χ0n) is 21.2. The molecule has 0 radical (unpaired) electrons. The van der Waals surface area contributed by atoms with Crippen LogP contribution in [0.2, 0.25) is 0 Å². The van der Waals surface area contributed by atoms with Crippen LogP contribution >= 0.6 is 0 Å². The van der Waals surface area contributed by atoms with Crippen LogP contribution in [-0.2, 0) is 10.8 Å². The number of nitrogens with one attached hydrogen (secondary N) is 1. The van der Waals surface area contributed by atoms with E-state index in [1.165, 1.54) is 59.1 Å². The third-order valence-corrected chi connectivity index (χ3v) is 9.55. The van der Waals surface area contributed by atoms with E-state index in [9.17, 15) is 0 Å². The van der Waals surface area contributed by atoms with Crippen molar-refractivity contribution in [2.75, 3.05) is 11.1 Å². The minimum absolute atomic E-state index is 0.0448. The van der Waals surface area contributed by atoms with E-state index < -0.39 is 0 Å². The van der Waals surface area contributed by atoms with E-state index in [1.807, 2.05) is 0 Å². The second-order valence-corrected chi connectivity index (χ2v) is 11.8. The van der Waals surface area contributed by atoms with Crippen molar-refractivity contribution in [2.45, 2.75) is 50.4 Å². The van der Waals surface area contributed by atoms with Crippen LogP contribution in [0.4, 0.5) is 17.1 Å². The van der Waals surface area contributed by atoms with Gasteiger partial charge >= 0.3 is 0 Å². The Kier molecular flexibility index (Phi) is 4.67. The lowest BCUT2D eigenvalue weighted by Gasteiger charge is -2.39. The Hall–Kier alpha value is -3.52. The summed E-state index contributed by atoms with van der Waals surface area (Å²) in [6, 6.07) is 33.6. The van der Waals surface area contributed by atoms with Gasteiger partial charge in [-0.25, -0.2) is 0 Å². The van der Waals surface area contributed by atoms with Gasteiger partial charge in [-0.1, -0.05) is 74.9 Å². The zero-order chi connectivity index (χ0) is 24.5. The number of anilines is 3. The van der Waals surface area contributed by atoms with E-state index in [-0.39, 0.29) is 10.8 Å². The topological polar surface area (TPSA) is 38.0 Å². The number of hydrogen-bond acceptors (Lipinski definition) is 2. The Morgan fingerprint density at radius 1 is 0.722 bits per heavy atom. The minimum atomic E-state index is 0.0448. The average Bonchev–Trinajstić information content (AvgIpc) is 3.57. The smallest absolute Gasteiger partial charge is 0.0390 e. The molecule has 0 aliphatic heterocycles. The summed E-state index contributed by atoms with van der Waals surface area (Å²) >= 11 is 0. The highest BCUT2D eigenvalue weighted by Crippen LogP contribution is 2.60. The molecule has 0 spiro atoms. The van der Waals surface area contributed by atoms with Gasteiger partial charge in [-0.15, -0.1) is 0 Å². The molecule has 3 aliphatic carbocycles. The monoisotopic (exact) mass is 470 g/mol. The minimum Gasteiger partial charge on any atom is -0.399 e. The summed E-state index contributed by atoms with van der Waals surface area (Å²) in [7, 11) is 0. The maximum Gasteiger partial charge on any atom is 0.0390 e. The fraction of sp³-hybridized carbons (Fsp3) is 0.294. The third kappa shape index (κ3) is 3.10. The van der Waals surface area contributed by atoms with Crippen molar-refractivity contribution < 1.29 is 0 Å². The van der Waals surface area contributed by atoms with Gasteiger partial charge < -0.3 is 11.1 Å². The van der Waals surface area contributed by atoms with Crippen LogP contribution in [-0.4, -0.2) is 0 Å². The first-order valence-electron chi connectivity index (χ1n) is 13.4. The molecule has 0 amide bonds. The molecule has 2 heteroatoms. The van der Waals surface area contributed by atoms with E-state index in [4.69, 9.17) is 5.73 Å². The fourth-order valence-corrected chi connectivity index (χ4v) is 7.80. The number of nitrogen functional groups attached to an aromatic ring is 1. The van der Waals surface area contributed by atoms with Gasteiger partial charge in [0, 0.05) is 27.9 Å². The first kappa shape index (κ1) is 21.7. The molecule has 3 aliphatic rings. The summed E-state index contributed by atoms with van der Waals surface area (Å²) in [5.74, 6) is 1.58. The number of fused-ring (bicyclic) bond motifs is 5. The largest absolute Gasteiger partial charge is 0.399 e. The highest BCUT2D eigenvalue weighted by molar-refractivity contribution is 5.83. The Bertz CT molecular complexity index is 1450. The van der Waals surface area contributed by atoms with Crippen molar-refractivity contribution in [2.24, 2.45) is 11.8 Å². The second kappa shape index (κ2) is 7.74. The van der Waals surface area contributed by atoms with Crippen molar-refractivity contribution >= 4 is 17.1 Å². The van der Waals surface area contributed by atoms with Gasteiger partial charge in [0.2, 0.25) is 0 Å². The summed E-state index contributed by atoms with van der Waals surface area (Å²) in [6.07, 6.45) is 5.34. The van der Waals surface area contributed by atoms with Gasteiger partial charge in [0.05, 0.1) is 0 Å². The molecule has 2 saturated carbocycles. The lowest BCUT2D eigenvalue weighted by Crippen LogP contribution is -2.34. The SMILES string of the molecule is CC1(C)c2ccccc2-c2cc(Nc3ccc(C4(c5ccc(N)cc5)CC5CCC4C5)cc3)ccc21. The predicted octanol–water partition coefficient (Wildman–Crippen LogP) is 8.42. The molecule has 3 N–H and O–H groups in total. The third-order valence-electron chi connectivity index (χ3n) is 9.55. The van der Waals surface area contributed by atoms with Crippen LogP contribution in [0.1, 0.15) is 61.8 Å². The van der Waals surface area contributed by atoms with Gasteiger partial charge in [0.25, 0.3) is 0 Å². The number of benzene rings is 4. The lowest BCUT2D eigenvalue weighted by atomic mass is 9.64. The number of hydrogen-bond donors (Lipinski definition) is 2.